The number of hydrogen-bond acceptors (Lipinski definition) is 6. The Kier molecular flexibility index (Phi) is 4.79. The quantitative estimate of drug-likeness (QED) is 0.600. The molecule has 5 N–H and O–H groups in total. The smallest absolute Gasteiger partial charge is 0.250 e. The van der Waals surface area contributed by atoms with Crippen LogP contribution in [0.1, 0.15) is 27.2 Å². The molecule has 2 aromatic heterocycles. The Balaban J connectivity index is 2.39. The van der Waals surface area contributed by atoms with Crippen LogP contribution in [0.15, 0.2) is 45.9 Å². The van der Waals surface area contributed by atoms with Gasteiger partial charge in [-0.15, -0.1) is 0 Å². The van der Waals surface area contributed by atoms with E-state index in [1.165, 1.54) is 0 Å². The second kappa shape index (κ2) is 7.03. The van der Waals surface area contributed by atoms with E-state index in [-0.39, 0.29) is 22.7 Å². The van der Waals surface area contributed by atoms with Gasteiger partial charge in [0.25, 0.3) is 5.91 Å². The molecule has 7 nitrogen and oxygen atoms in total. The average Bonchev–Trinajstić information content (AvgIpc) is 2.62. The molecule has 0 radical (unpaired) electrons. The zero-order valence-corrected chi connectivity index (χ0v) is 14.7. The number of nitrogens with zero attached hydrogens (tertiary/aromatic N) is 2. The number of carbonyl (C=O) groups excluding carboxylic acids is 1. The summed E-state index contributed by atoms with van der Waals surface area (Å²) in [7, 11) is 0. The van der Waals surface area contributed by atoms with E-state index in [4.69, 9.17) is 28.1 Å². The number of fused-ring (bicyclic) bond motifs is 1. The summed E-state index contributed by atoms with van der Waals surface area (Å²) in [5, 5.41) is 10.2. The number of benzene rings is 1. The van der Waals surface area contributed by atoms with Crippen LogP contribution in [0, 0.1) is 6.92 Å². The number of primary amides is 1. The summed E-state index contributed by atoms with van der Waals surface area (Å²) in [5.74, 6) is -0.609. The number of nitrogens with two attached hydrogens (primary N) is 2. The van der Waals surface area contributed by atoms with Crippen molar-refractivity contribution in [1.29, 1.82) is 0 Å². The second-order valence-electron chi connectivity index (χ2n) is 5.59. The Morgan fingerprint density at radius 1 is 1.31 bits per heavy atom. The molecular formula is C18H16N4O3S. The lowest BCUT2D eigenvalue weighted by Gasteiger charge is -2.08. The number of pyridine rings is 1. The molecule has 0 aliphatic rings. The maximum absolute atomic E-state index is 11.6. The van der Waals surface area contributed by atoms with Gasteiger partial charge < -0.3 is 21.0 Å². The maximum atomic E-state index is 11.6. The minimum Gasteiger partial charge on any atom is -0.436 e. The number of carbonyl (C=O) groups is 1. The number of para-hydroxylation sites is 1. The van der Waals surface area contributed by atoms with Gasteiger partial charge in [-0.25, -0.2) is 4.99 Å². The molecule has 1 aromatic carbocycles. The highest BCUT2D eigenvalue weighted by Gasteiger charge is 2.13. The van der Waals surface area contributed by atoms with Gasteiger partial charge in [-0.3, -0.25) is 9.78 Å². The van der Waals surface area contributed by atoms with Crippen molar-refractivity contribution in [2.45, 2.75) is 13.5 Å². The lowest BCUT2D eigenvalue weighted by atomic mass is 10.1. The van der Waals surface area contributed by atoms with Gasteiger partial charge in [0.2, 0.25) is 5.55 Å². The predicted molar refractivity (Wildman–Crippen MR) is 101 cm³/mol. The van der Waals surface area contributed by atoms with E-state index in [1.54, 1.807) is 43.5 Å². The summed E-state index contributed by atoms with van der Waals surface area (Å²) < 4.78 is 5.91. The third-order valence-corrected chi connectivity index (χ3v) is 4.10. The molecule has 8 heteroatoms. The van der Waals surface area contributed by atoms with E-state index in [1.807, 2.05) is 0 Å². The molecule has 3 aromatic rings. The van der Waals surface area contributed by atoms with Crippen LogP contribution in [-0.2, 0) is 6.61 Å². The number of aromatic nitrogens is 1. The standard InChI is InChI=1S/C18H16N4O3S/c1-9-15-12(10(8-23)7-21-9)6-13(17(20)26)18(25-15)22-14-5-3-2-4-11(14)16(19)24/h2-7,23H,8H2,1H3,(H2,19,24)(H2,20,26). The fourth-order valence-electron chi connectivity index (χ4n) is 2.56. The van der Waals surface area contributed by atoms with Crippen LogP contribution in [0.5, 0.6) is 0 Å². The first-order valence-electron chi connectivity index (χ1n) is 7.69. The molecule has 0 atom stereocenters. The van der Waals surface area contributed by atoms with Crippen molar-refractivity contribution >= 4 is 39.8 Å². The highest BCUT2D eigenvalue weighted by molar-refractivity contribution is 7.80. The van der Waals surface area contributed by atoms with E-state index in [2.05, 4.69) is 9.98 Å². The zero-order chi connectivity index (χ0) is 18.8. The van der Waals surface area contributed by atoms with E-state index in [0.717, 1.165) is 0 Å². The predicted octanol–water partition coefficient (Wildman–Crippen LogP) is 1.59. The van der Waals surface area contributed by atoms with Gasteiger partial charge in [-0.2, -0.15) is 0 Å². The van der Waals surface area contributed by atoms with Crippen molar-refractivity contribution in [3.63, 3.8) is 0 Å². The Hall–Kier alpha value is -3.10. The number of aliphatic hydroxyl groups is 1. The molecule has 0 aliphatic heterocycles. The monoisotopic (exact) mass is 368 g/mol. The van der Waals surface area contributed by atoms with Gasteiger partial charge in [0, 0.05) is 17.1 Å². The fourth-order valence-corrected chi connectivity index (χ4v) is 2.71. The van der Waals surface area contributed by atoms with Crippen LogP contribution < -0.4 is 17.0 Å². The molecule has 26 heavy (non-hydrogen) atoms. The summed E-state index contributed by atoms with van der Waals surface area (Å²) in [5.41, 5.74) is 14.0. The van der Waals surface area contributed by atoms with Crippen molar-refractivity contribution in [2.24, 2.45) is 16.5 Å². The molecule has 0 saturated heterocycles. The average molecular weight is 368 g/mol. The largest absolute Gasteiger partial charge is 0.436 e. The first kappa shape index (κ1) is 17.7. The minimum atomic E-state index is -0.609. The Labute approximate surface area is 154 Å². The number of aryl methyl sites for hydroxylation is 1. The van der Waals surface area contributed by atoms with Gasteiger partial charge >= 0.3 is 0 Å². The van der Waals surface area contributed by atoms with Gasteiger partial charge in [0.05, 0.1) is 29.1 Å². The van der Waals surface area contributed by atoms with E-state index < -0.39 is 5.91 Å². The van der Waals surface area contributed by atoms with Crippen molar-refractivity contribution in [2.75, 3.05) is 0 Å². The van der Waals surface area contributed by atoms with Crippen LogP contribution in [-0.4, -0.2) is 21.0 Å². The van der Waals surface area contributed by atoms with Crippen molar-refractivity contribution in [3.8, 4) is 0 Å². The number of amides is 1. The summed E-state index contributed by atoms with van der Waals surface area (Å²) in [6.07, 6.45) is 1.57. The van der Waals surface area contributed by atoms with Crippen LogP contribution in [0.3, 0.4) is 0 Å². The van der Waals surface area contributed by atoms with Crippen LogP contribution in [0.25, 0.3) is 11.0 Å². The van der Waals surface area contributed by atoms with Crippen LogP contribution >= 0.6 is 12.2 Å². The van der Waals surface area contributed by atoms with Gasteiger partial charge in [0.1, 0.15) is 4.99 Å². The first-order chi connectivity index (χ1) is 12.4. The Morgan fingerprint density at radius 2 is 2.04 bits per heavy atom. The topological polar surface area (TPSA) is 128 Å². The SMILES string of the molecule is Cc1ncc(CO)c2cc(C(N)=S)c(=Nc3ccccc3C(N)=O)oc12. The van der Waals surface area contributed by atoms with Gasteiger partial charge in [-0.05, 0) is 25.1 Å². The van der Waals surface area contributed by atoms with Gasteiger partial charge in [0.15, 0.2) is 5.58 Å². The van der Waals surface area contributed by atoms with E-state index in [0.29, 0.717) is 33.5 Å². The van der Waals surface area contributed by atoms with Crippen LogP contribution in [0.2, 0.25) is 0 Å². The van der Waals surface area contributed by atoms with Crippen molar-refractivity contribution in [3.05, 3.63) is 64.5 Å². The molecule has 0 saturated carbocycles. The summed E-state index contributed by atoms with van der Waals surface area (Å²) in [4.78, 5) is 20.3. The molecule has 3 rings (SSSR count). The molecule has 0 spiro atoms. The third-order valence-electron chi connectivity index (χ3n) is 3.88. The van der Waals surface area contributed by atoms with Gasteiger partial charge in [-0.1, -0.05) is 24.4 Å². The molecule has 0 fully saturated rings. The third kappa shape index (κ3) is 3.19. The highest BCUT2D eigenvalue weighted by Crippen LogP contribution is 2.22. The maximum Gasteiger partial charge on any atom is 0.250 e. The van der Waals surface area contributed by atoms with Crippen molar-refractivity contribution in [1.82, 2.24) is 4.98 Å². The van der Waals surface area contributed by atoms with E-state index in [9.17, 15) is 9.90 Å². The number of thiocarbonyl (C=S) groups is 1. The zero-order valence-electron chi connectivity index (χ0n) is 13.9. The first-order valence-corrected chi connectivity index (χ1v) is 8.09. The Morgan fingerprint density at radius 3 is 2.69 bits per heavy atom. The molecule has 2 heterocycles. The minimum absolute atomic E-state index is 0.0734. The molecule has 0 unspecified atom stereocenters. The lowest BCUT2D eigenvalue weighted by molar-refractivity contribution is 0.100. The normalized spacial score (nSPS) is 11.7. The van der Waals surface area contributed by atoms with Crippen LogP contribution in [0.4, 0.5) is 5.69 Å². The lowest BCUT2D eigenvalue weighted by Crippen LogP contribution is -2.21. The second-order valence-corrected chi connectivity index (χ2v) is 6.03. The molecule has 0 bridgehead atoms. The van der Waals surface area contributed by atoms with Crippen molar-refractivity contribution < 1.29 is 14.3 Å². The molecule has 0 aliphatic carbocycles. The number of aliphatic hydroxyl groups excluding tert-OH is 1. The number of hydrogen-bond donors (Lipinski definition) is 3. The summed E-state index contributed by atoms with van der Waals surface area (Å²) in [6, 6.07) is 8.32. The Bertz CT molecular complexity index is 1110. The summed E-state index contributed by atoms with van der Waals surface area (Å²) >= 11 is 5.11. The highest BCUT2D eigenvalue weighted by atomic mass is 32.1. The fraction of sp³-hybridized carbons (Fsp3) is 0.111. The summed E-state index contributed by atoms with van der Waals surface area (Å²) in [6.45, 7) is 1.56. The number of rotatable bonds is 4. The molecule has 132 valence electrons. The van der Waals surface area contributed by atoms with E-state index >= 15 is 0 Å². The molecular weight excluding hydrogens is 352 g/mol. The molecule has 1 amide bonds.